The molecule has 114 valence electrons. The van der Waals surface area contributed by atoms with Crippen LogP contribution in [0.3, 0.4) is 0 Å². The Hall–Kier alpha value is -1.35. The third kappa shape index (κ3) is 3.46. The quantitative estimate of drug-likeness (QED) is 0.929. The Morgan fingerprint density at radius 3 is 2.57 bits per heavy atom. The van der Waals surface area contributed by atoms with Crippen LogP contribution in [0, 0.1) is 0 Å². The summed E-state index contributed by atoms with van der Waals surface area (Å²) in [5.41, 5.74) is 0. The molecule has 4 nitrogen and oxygen atoms in total. The normalized spacial score (nSPS) is 17.2. The van der Waals surface area contributed by atoms with Crippen LogP contribution in [0.1, 0.15) is 17.8 Å². The Kier molecular flexibility index (Phi) is 4.03. The van der Waals surface area contributed by atoms with Gasteiger partial charge in [-0.15, -0.1) is 21.5 Å². The highest BCUT2D eigenvalue weighted by Gasteiger charge is 2.36. The molecule has 3 rings (SSSR count). The van der Waals surface area contributed by atoms with E-state index in [1.807, 2.05) is 11.4 Å². The smallest absolute Gasteiger partial charge is 0.363 e. The van der Waals surface area contributed by atoms with Crippen molar-refractivity contribution in [2.45, 2.75) is 25.1 Å². The predicted octanol–water partition coefficient (Wildman–Crippen LogP) is 3.70. The molecule has 0 atom stereocenters. The van der Waals surface area contributed by atoms with Crippen LogP contribution >= 0.6 is 22.7 Å². The first-order valence-corrected chi connectivity index (χ1v) is 8.17. The molecule has 0 saturated carbocycles. The topological polar surface area (TPSA) is 41.1 Å². The largest absolute Gasteiger partial charge is 0.445 e. The van der Waals surface area contributed by atoms with E-state index in [9.17, 15) is 13.2 Å². The molecule has 0 aromatic carbocycles. The molecular weight excluding hydrogens is 321 g/mol. The highest BCUT2D eigenvalue weighted by molar-refractivity contribution is 7.15. The standard InChI is InChI=1S/C12H13F3N4S2/c13-12(14,15)10-17-18-11(21-10)16-8-3-5-19(6-4-8)9-2-1-7-20-9/h1-2,7-8H,3-6H2,(H,16,18). The van der Waals surface area contributed by atoms with Gasteiger partial charge in [-0.1, -0.05) is 11.3 Å². The lowest BCUT2D eigenvalue weighted by molar-refractivity contribution is -0.138. The van der Waals surface area contributed by atoms with Gasteiger partial charge in [0.15, 0.2) is 0 Å². The summed E-state index contributed by atoms with van der Waals surface area (Å²) in [4.78, 5) is 2.30. The number of rotatable bonds is 3. The summed E-state index contributed by atoms with van der Waals surface area (Å²) in [5, 5.41) is 12.4. The Bertz CT molecular complexity index is 574. The van der Waals surface area contributed by atoms with Gasteiger partial charge >= 0.3 is 6.18 Å². The first kappa shape index (κ1) is 14.6. The number of piperidine rings is 1. The van der Waals surface area contributed by atoms with Gasteiger partial charge in [0.1, 0.15) is 0 Å². The van der Waals surface area contributed by atoms with Crippen molar-refractivity contribution < 1.29 is 13.2 Å². The summed E-state index contributed by atoms with van der Waals surface area (Å²) in [6.45, 7) is 1.78. The lowest BCUT2D eigenvalue weighted by atomic mass is 10.1. The second-order valence-corrected chi connectivity index (χ2v) is 6.67. The van der Waals surface area contributed by atoms with Crippen molar-refractivity contribution >= 4 is 32.8 Å². The zero-order chi connectivity index (χ0) is 14.9. The fourth-order valence-corrected chi connectivity index (χ4v) is 3.74. The summed E-state index contributed by atoms with van der Waals surface area (Å²) in [5.74, 6) is 0. The SMILES string of the molecule is FC(F)(F)c1nnc(NC2CCN(c3cccs3)CC2)s1. The predicted molar refractivity (Wildman–Crippen MR) is 78.1 cm³/mol. The summed E-state index contributed by atoms with van der Waals surface area (Å²) < 4.78 is 37.4. The van der Waals surface area contributed by atoms with Gasteiger partial charge in [-0.05, 0) is 30.4 Å². The molecule has 1 fully saturated rings. The van der Waals surface area contributed by atoms with E-state index in [4.69, 9.17) is 0 Å². The first-order chi connectivity index (χ1) is 10.0. The maximum Gasteiger partial charge on any atom is 0.445 e. The molecule has 1 aliphatic rings. The molecule has 0 bridgehead atoms. The minimum absolute atomic E-state index is 0.148. The Balaban J connectivity index is 1.55. The minimum atomic E-state index is -4.42. The summed E-state index contributed by atoms with van der Waals surface area (Å²) in [6.07, 6.45) is -2.67. The second kappa shape index (κ2) is 5.80. The van der Waals surface area contributed by atoms with Gasteiger partial charge in [0.25, 0.3) is 0 Å². The first-order valence-electron chi connectivity index (χ1n) is 6.48. The fraction of sp³-hybridized carbons (Fsp3) is 0.500. The van der Waals surface area contributed by atoms with Crippen LogP contribution in [0.4, 0.5) is 23.3 Å². The van der Waals surface area contributed by atoms with Crippen LogP contribution in [0.2, 0.25) is 0 Å². The lowest BCUT2D eigenvalue weighted by Crippen LogP contribution is -2.38. The summed E-state index contributed by atoms with van der Waals surface area (Å²) in [6, 6.07) is 4.25. The molecular formula is C12H13F3N4S2. The molecule has 21 heavy (non-hydrogen) atoms. The van der Waals surface area contributed by atoms with E-state index >= 15 is 0 Å². The van der Waals surface area contributed by atoms with E-state index in [0.29, 0.717) is 11.3 Å². The number of nitrogens with zero attached hydrogens (tertiary/aromatic N) is 3. The van der Waals surface area contributed by atoms with E-state index in [2.05, 4.69) is 26.5 Å². The summed E-state index contributed by atoms with van der Waals surface area (Å²) in [7, 11) is 0. The zero-order valence-corrected chi connectivity index (χ0v) is 12.6. The van der Waals surface area contributed by atoms with Gasteiger partial charge in [-0.2, -0.15) is 13.2 Å². The van der Waals surface area contributed by atoms with Crippen molar-refractivity contribution in [2.75, 3.05) is 23.3 Å². The Morgan fingerprint density at radius 2 is 2.00 bits per heavy atom. The number of aromatic nitrogens is 2. The highest BCUT2D eigenvalue weighted by Crippen LogP contribution is 2.34. The van der Waals surface area contributed by atoms with Crippen molar-refractivity contribution in [1.82, 2.24) is 10.2 Å². The van der Waals surface area contributed by atoms with Crippen LogP contribution in [0.5, 0.6) is 0 Å². The average Bonchev–Trinajstić information content (AvgIpc) is 3.09. The molecule has 0 radical (unpaired) electrons. The van der Waals surface area contributed by atoms with Gasteiger partial charge < -0.3 is 10.2 Å². The van der Waals surface area contributed by atoms with Gasteiger partial charge in [-0.25, -0.2) is 0 Å². The molecule has 3 heterocycles. The number of thiophene rings is 1. The van der Waals surface area contributed by atoms with E-state index in [1.54, 1.807) is 11.3 Å². The lowest BCUT2D eigenvalue weighted by Gasteiger charge is -2.32. The van der Waals surface area contributed by atoms with Crippen molar-refractivity contribution in [3.8, 4) is 0 Å². The van der Waals surface area contributed by atoms with E-state index in [0.717, 1.165) is 25.9 Å². The van der Waals surface area contributed by atoms with E-state index < -0.39 is 11.2 Å². The molecule has 2 aromatic rings. The number of nitrogens with one attached hydrogen (secondary N) is 1. The molecule has 1 saturated heterocycles. The maximum absolute atomic E-state index is 12.5. The molecule has 0 unspecified atom stereocenters. The monoisotopic (exact) mass is 334 g/mol. The van der Waals surface area contributed by atoms with Gasteiger partial charge in [0.05, 0.1) is 5.00 Å². The highest BCUT2D eigenvalue weighted by atomic mass is 32.1. The van der Waals surface area contributed by atoms with Crippen LogP contribution < -0.4 is 10.2 Å². The van der Waals surface area contributed by atoms with Crippen molar-refractivity contribution in [3.05, 3.63) is 22.5 Å². The number of hydrogen-bond acceptors (Lipinski definition) is 6. The van der Waals surface area contributed by atoms with Crippen molar-refractivity contribution in [3.63, 3.8) is 0 Å². The number of anilines is 2. The summed E-state index contributed by atoms with van der Waals surface area (Å²) >= 11 is 2.26. The second-order valence-electron chi connectivity index (χ2n) is 4.77. The van der Waals surface area contributed by atoms with Gasteiger partial charge in [-0.3, -0.25) is 0 Å². The molecule has 1 N–H and O–H groups in total. The number of alkyl halides is 3. The Morgan fingerprint density at radius 1 is 1.24 bits per heavy atom. The van der Waals surface area contributed by atoms with E-state index in [-0.39, 0.29) is 11.2 Å². The van der Waals surface area contributed by atoms with E-state index in [1.165, 1.54) is 5.00 Å². The van der Waals surface area contributed by atoms with Crippen molar-refractivity contribution in [1.29, 1.82) is 0 Å². The number of halogens is 3. The Labute approximate surface area is 127 Å². The zero-order valence-electron chi connectivity index (χ0n) is 10.9. The van der Waals surface area contributed by atoms with Crippen LogP contribution in [0.15, 0.2) is 17.5 Å². The number of hydrogen-bond donors (Lipinski definition) is 1. The molecule has 2 aromatic heterocycles. The average molecular weight is 334 g/mol. The fourth-order valence-electron chi connectivity index (χ4n) is 2.26. The molecule has 9 heteroatoms. The molecule has 0 amide bonds. The molecule has 0 aliphatic carbocycles. The maximum atomic E-state index is 12.5. The molecule has 1 aliphatic heterocycles. The third-order valence-electron chi connectivity index (χ3n) is 3.31. The van der Waals surface area contributed by atoms with Gasteiger partial charge in [0, 0.05) is 19.1 Å². The third-order valence-corrected chi connectivity index (χ3v) is 5.14. The van der Waals surface area contributed by atoms with Crippen LogP contribution in [-0.2, 0) is 6.18 Å². The van der Waals surface area contributed by atoms with Crippen LogP contribution in [-0.4, -0.2) is 29.3 Å². The van der Waals surface area contributed by atoms with Gasteiger partial charge in [0.2, 0.25) is 10.1 Å². The van der Waals surface area contributed by atoms with Crippen molar-refractivity contribution in [2.24, 2.45) is 0 Å². The molecule has 0 spiro atoms. The minimum Gasteiger partial charge on any atom is -0.363 e. The van der Waals surface area contributed by atoms with Crippen LogP contribution in [0.25, 0.3) is 0 Å².